The summed E-state index contributed by atoms with van der Waals surface area (Å²) in [6, 6.07) is 10.6. The van der Waals surface area contributed by atoms with Crippen molar-refractivity contribution in [1.29, 1.82) is 0 Å². The van der Waals surface area contributed by atoms with Crippen molar-refractivity contribution in [1.82, 2.24) is 4.98 Å². The Bertz CT molecular complexity index is 2020. The maximum Gasteiger partial charge on any atom is 0.357 e. The fourth-order valence-electron chi connectivity index (χ4n) is 9.46. The van der Waals surface area contributed by atoms with E-state index in [0.717, 1.165) is 34.6 Å². The van der Waals surface area contributed by atoms with Gasteiger partial charge in [-0.05, 0) is 50.5 Å². The molecular formula is C41H47NO17. The minimum atomic E-state index is -2.80. The van der Waals surface area contributed by atoms with Crippen LogP contribution in [0, 0.1) is 17.3 Å². The fraction of sp³-hybridized carbons (Fsp3) is 0.561. The van der Waals surface area contributed by atoms with Gasteiger partial charge in [0.25, 0.3) is 0 Å². The Balaban J connectivity index is 1.74. The van der Waals surface area contributed by atoms with Crippen LogP contribution in [0.5, 0.6) is 0 Å². The summed E-state index contributed by atoms with van der Waals surface area (Å²) in [5, 5.41) is 25.9. The number of aryl methyl sites for hydroxylation is 1. The lowest BCUT2D eigenvalue weighted by Gasteiger charge is -2.67. The van der Waals surface area contributed by atoms with Crippen LogP contribution in [0.3, 0.4) is 0 Å². The Morgan fingerprint density at radius 2 is 1.49 bits per heavy atom. The first-order valence-electron chi connectivity index (χ1n) is 19.0. The van der Waals surface area contributed by atoms with E-state index in [1.165, 1.54) is 44.3 Å². The van der Waals surface area contributed by atoms with Crippen LogP contribution in [-0.2, 0) is 68.3 Å². The van der Waals surface area contributed by atoms with Crippen molar-refractivity contribution in [2.45, 2.75) is 115 Å². The lowest BCUT2D eigenvalue weighted by Crippen LogP contribution is -2.89. The van der Waals surface area contributed by atoms with Crippen LogP contribution in [-0.4, -0.2) is 124 Å². The van der Waals surface area contributed by atoms with Gasteiger partial charge >= 0.3 is 41.8 Å². The van der Waals surface area contributed by atoms with Gasteiger partial charge in [-0.15, -0.1) is 0 Å². The monoisotopic (exact) mass is 825 g/mol. The molecule has 1 aromatic heterocycles. The highest BCUT2D eigenvalue weighted by Gasteiger charge is 2.91. The number of esters is 7. The average molecular weight is 826 g/mol. The van der Waals surface area contributed by atoms with Crippen LogP contribution in [0.4, 0.5) is 0 Å². The summed E-state index contributed by atoms with van der Waals surface area (Å²) in [6.07, 6.45) is -10.7. The predicted molar refractivity (Wildman–Crippen MR) is 196 cm³/mol. The first-order chi connectivity index (χ1) is 27.7. The van der Waals surface area contributed by atoms with E-state index in [1.807, 2.05) is 0 Å². The van der Waals surface area contributed by atoms with E-state index < -0.39 is 126 Å². The van der Waals surface area contributed by atoms with Crippen molar-refractivity contribution in [3.8, 4) is 0 Å². The summed E-state index contributed by atoms with van der Waals surface area (Å²) in [5.74, 6) is -9.48. The number of cyclic esters (lactones) is 1. The molecule has 1 saturated heterocycles. The molecule has 0 unspecified atom stereocenters. The van der Waals surface area contributed by atoms with Crippen molar-refractivity contribution in [2.24, 2.45) is 17.3 Å². The molecule has 4 aliphatic rings. The fourth-order valence-corrected chi connectivity index (χ4v) is 9.46. The predicted octanol–water partition coefficient (Wildman–Crippen LogP) is 1.59. The number of carbonyl (C=O) groups excluding carboxylic acids is 7. The molecule has 4 bridgehead atoms. The molecule has 18 nitrogen and oxygen atoms in total. The highest BCUT2D eigenvalue weighted by atomic mass is 16.7. The molecule has 18 heteroatoms. The second kappa shape index (κ2) is 16.0. The molecule has 12 atom stereocenters. The summed E-state index contributed by atoms with van der Waals surface area (Å²) in [6.45, 7) is 6.25. The molecule has 2 aromatic rings. The van der Waals surface area contributed by atoms with Crippen LogP contribution in [0.25, 0.3) is 0 Å². The van der Waals surface area contributed by atoms with E-state index >= 15 is 0 Å². The number of rotatable bonds is 7. The topological polar surface area (TPSA) is 247 Å². The number of hydrogen-bond donors (Lipinski definition) is 2. The van der Waals surface area contributed by atoms with Gasteiger partial charge in [-0.25, -0.2) is 14.6 Å². The van der Waals surface area contributed by atoms with Crippen molar-refractivity contribution in [3.63, 3.8) is 0 Å². The first kappa shape index (κ1) is 43.1. The van der Waals surface area contributed by atoms with E-state index in [0.29, 0.717) is 5.56 Å². The van der Waals surface area contributed by atoms with E-state index in [9.17, 15) is 43.8 Å². The molecule has 2 saturated carbocycles. The van der Waals surface area contributed by atoms with Crippen LogP contribution in [0.15, 0.2) is 48.7 Å². The number of pyridine rings is 1. The van der Waals surface area contributed by atoms with E-state index in [1.54, 1.807) is 18.2 Å². The number of fused-ring (bicyclic) bond motifs is 5. The normalized spacial score (nSPS) is 36.3. The summed E-state index contributed by atoms with van der Waals surface area (Å²) < 4.78 is 48.7. The molecule has 2 aliphatic carbocycles. The minimum absolute atomic E-state index is 0.0580. The Labute approximate surface area is 338 Å². The lowest BCUT2D eigenvalue weighted by atomic mass is 9.45. The molecule has 0 amide bonds. The van der Waals surface area contributed by atoms with Gasteiger partial charge in [0.05, 0.1) is 17.4 Å². The SMILES string of the molecule is CC(=O)OC[C@]12[C@H](OC(C)=O)[C@H](OC(C)=O)[C@@H]3[C@@H](OC(C)=O)[C@@]14O[C@@]3(C)COC(=O)c1ncccc1CC[C@H](C)C(=O)O[C@@H]([C@H](O)[C@@H]2OC(=O)c1ccccc1)[C@]4(C)O. The molecule has 2 N–H and O–H groups in total. The molecule has 59 heavy (non-hydrogen) atoms. The van der Waals surface area contributed by atoms with Crippen LogP contribution in [0.2, 0.25) is 0 Å². The third-order valence-electron chi connectivity index (χ3n) is 11.8. The minimum Gasteiger partial charge on any atom is -0.465 e. The Hall–Kier alpha value is -5.46. The zero-order chi connectivity index (χ0) is 43.2. The molecule has 0 radical (unpaired) electrons. The number of benzene rings is 1. The third-order valence-corrected chi connectivity index (χ3v) is 11.8. The molecule has 1 aromatic carbocycles. The van der Waals surface area contributed by atoms with Gasteiger partial charge in [-0.3, -0.25) is 24.0 Å². The third kappa shape index (κ3) is 7.20. The molecule has 318 valence electrons. The summed E-state index contributed by atoms with van der Waals surface area (Å²) in [5.41, 5.74) is -9.97. The second-order valence-electron chi connectivity index (χ2n) is 15.8. The molecule has 3 heterocycles. The number of aliphatic hydroxyl groups is 2. The average Bonchev–Trinajstić information content (AvgIpc) is 3.39. The summed E-state index contributed by atoms with van der Waals surface area (Å²) >= 11 is 0. The van der Waals surface area contributed by atoms with E-state index in [4.69, 9.17) is 37.9 Å². The molecule has 6 rings (SSSR count). The number of aromatic nitrogens is 1. The zero-order valence-corrected chi connectivity index (χ0v) is 33.5. The van der Waals surface area contributed by atoms with Crippen LogP contribution in [0.1, 0.15) is 81.3 Å². The summed E-state index contributed by atoms with van der Waals surface area (Å²) in [7, 11) is 0. The zero-order valence-electron chi connectivity index (χ0n) is 33.5. The number of carbonyl (C=O) groups is 7. The molecule has 3 fully saturated rings. The van der Waals surface area contributed by atoms with E-state index in [-0.39, 0.29) is 24.1 Å². The molecule has 1 spiro atoms. The number of ether oxygens (including phenoxy) is 8. The smallest absolute Gasteiger partial charge is 0.357 e. The second-order valence-corrected chi connectivity index (χ2v) is 15.8. The van der Waals surface area contributed by atoms with Gasteiger partial charge in [0.2, 0.25) is 0 Å². The standard InChI is InChI=1S/C41H47NO17/c1-20-15-16-25-14-11-17-42-28(25)37(50)53-18-38(6)27-30(54-22(3)44)34(56-24(5)46)40(19-52-21(2)43)33(58-36(49)26-12-9-8-10-13-26)29(47)32(57-35(20)48)39(7,51)41(40,59-38)31(27)55-23(4)45/h8-14,17,20,27,29-34,47,51H,15-16,18-19H2,1-7H3/t20-,27+,29-,30+,31+,32-,33-,34+,38-,39-,40-,41-/m0/s1. The quantitative estimate of drug-likeness (QED) is 0.297. The molecule has 2 aliphatic heterocycles. The lowest BCUT2D eigenvalue weighted by molar-refractivity contribution is -0.385. The van der Waals surface area contributed by atoms with Gasteiger partial charge in [-0.1, -0.05) is 31.2 Å². The van der Waals surface area contributed by atoms with Crippen molar-refractivity contribution in [3.05, 3.63) is 65.5 Å². The van der Waals surface area contributed by atoms with Gasteiger partial charge in [0.1, 0.15) is 54.2 Å². The highest BCUT2D eigenvalue weighted by molar-refractivity contribution is 5.90. The van der Waals surface area contributed by atoms with Gasteiger partial charge < -0.3 is 48.1 Å². The number of aliphatic hydroxyl groups excluding tert-OH is 1. The van der Waals surface area contributed by atoms with Crippen LogP contribution < -0.4 is 0 Å². The van der Waals surface area contributed by atoms with Gasteiger partial charge in [-0.2, -0.15) is 0 Å². The van der Waals surface area contributed by atoms with Crippen LogP contribution >= 0.6 is 0 Å². The highest BCUT2D eigenvalue weighted by Crippen LogP contribution is 2.70. The maximum atomic E-state index is 14.2. The Morgan fingerprint density at radius 1 is 0.847 bits per heavy atom. The maximum absolute atomic E-state index is 14.2. The summed E-state index contributed by atoms with van der Waals surface area (Å²) in [4.78, 5) is 98.9. The molecular weight excluding hydrogens is 778 g/mol. The van der Waals surface area contributed by atoms with Gasteiger partial charge in [0.15, 0.2) is 23.5 Å². The largest absolute Gasteiger partial charge is 0.465 e. The Morgan fingerprint density at radius 3 is 2.12 bits per heavy atom. The van der Waals surface area contributed by atoms with Gasteiger partial charge in [0, 0.05) is 33.9 Å². The first-order valence-corrected chi connectivity index (χ1v) is 19.0. The number of nitrogens with zero attached hydrogens (tertiary/aromatic N) is 1. The number of hydrogen-bond acceptors (Lipinski definition) is 18. The van der Waals surface area contributed by atoms with Crippen molar-refractivity contribution in [2.75, 3.05) is 13.2 Å². The van der Waals surface area contributed by atoms with Crippen molar-refractivity contribution >= 4 is 41.8 Å². The van der Waals surface area contributed by atoms with E-state index in [2.05, 4.69) is 4.98 Å². The Kier molecular flexibility index (Phi) is 11.7. The van der Waals surface area contributed by atoms with Crippen molar-refractivity contribution < 1.29 is 81.7 Å².